The van der Waals surface area contributed by atoms with E-state index in [0.29, 0.717) is 0 Å². The van der Waals surface area contributed by atoms with Crippen molar-refractivity contribution in [1.82, 2.24) is 0 Å². The molecule has 0 aromatic heterocycles. The van der Waals surface area contributed by atoms with E-state index in [4.69, 9.17) is 10.5 Å². The maximum atomic E-state index is 11.3. The lowest BCUT2D eigenvalue weighted by Gasteiger charge is -2.24. The molecule has 1 unspecified atom stereocenters. The summed E-state index contributed by atoms with van der Waals surface area (Å²) < 4.78 is 5.36. The highest BCUT2D eigenvalue weighted by Crippen LogP contribution is 2.35. The van der Waals surface area contributed by atoms with Gasteiger partial charge in [-0.1, -0.05) is 6.07 Å². The van der Waals surface area contributed by atoms with Crippen LogP contribution in [0.25, 0.3) is 0 Å². The third-order valence-electron chi connectivity index (χ3n) is 3.66. The maximum Gasteiger partial charge on any atom is 0.312 e. The van der Waals surface area contributed by atoms with E-state index >= 15 is 0 Å². The largest absolute Gasteiger partial charge is 0.496 e. The number of ether oxygens (including phenoxy) is 1. The van der Waals surface area contributed by atoms with E-state index < -0.39 is 11.9 Å². The molecule has 1 aliphatic carbocycles. The first kappa shape index (κ1) is 12.9. The molecule has 2 rings (SSSR count). The van der Waals surface area contributed by atoms with Crippen molar-refractivity contribution in [2.45, 2.75) is 31.6 Å². The molecule has 18 heavy (non-hydrogen) atoms. The predicted molar refractivity (Wildman–Crippen MR) is 69.1 cm³/mol. The van der Waals surface area contributed by atoms with Gasteiger partial charge in [-0.3, -0.25) is 4.79 Å². The first-order valence-corrected chi connectivity index (χ1v) is 6.30. The molecule has 0 saturated carbocycles. The number of benzene rings is 1. The minimum atomic E-state index is -0.851. The van der Waals surface area contributed by atoms with Crippen LogP contribution in [0.1, 0.15) is 35.4 Å². The molecule has 1 atom stereocenters. The van der Waals surface area contributed by atoms with Crippen molar-refractivity contribution < 1.29 is 14.6 Å². The van der Waals surface area contributed by atoms with Crippen LogP contribution in [0.5, 0.6) is 5.75 Å². The monoisotopic (exact) mass is 249 g/mol. The molecule has 0 saturated heterocycles. The van der Waals surface area contributed by atoms with Gasteiger partial charge in [-0.05, 0) is 48.4 Å². The standard InChI is InChI=1S/C14H19NO3/c1-18-13-7-6-10(12(8-15)14(16)17)9-4-2-3-5-11(9)13/h6-7,12H,2-5,8,15H2,1H3,(H,16,17). The van der Waals surface area contributed by atoms with Crippen LogP contribution in [0.3, 0.4) is 0 Å². The fraction of sp³-hybridized carbons (Fsp3) is 0.500. The number of hydrogen-bond donors (Lipinski definition) is 2. The number of methoxy groups -OCH3 is 1. The molecule has 4 nitrogen and oxygen atoms in total. The summed E-state index contributed by atoms with van der Waals surface area (Å²) in [5.41, 5.74) is 8.76. The lowest BCUT2D eigenvalue weighted by molar-refractivity contribution is -0.138. The van der Waals surface area contributed by atoms with Gasteiger partial charge in [-0.2, -0.15) is 0 Å². The Morgan fingerprint density at radius 3 is 2.61 bits per heavy atom. The zero-order valence-electron chi connectivity index (χ0n) is 10.6. The summed E-state index contributed by atoms with van der Waals surface area (Å²) >= 11 is 0. The average Bonchev–Trinajstić information content (AvgIpc) is 2.39. The van der Waals surface area contributed by atoms with E-state index in [1.54, 1.807) is 7.11 Å². The van der Waals surface area contributed by atoms with E-state index in [-0.39, 0.29) is 6.54 Å². The number of hydrogen-bond acceptors (Lipinski definition) is 3. The summed E-state index contributed by atoms with van der Waals surface area (Å²) in [7, 11) is 1.65. The van der Waals surface area contributed by atoms with Crippen LogP contribution < -0.4 is 10.5 Å². The Morgan fingerprint density at radius 2 is 2.06 bits per heavy atom. The highest BCUT2D eigenvalue weighted by molar-refractivity contribution is 5.77. The smallest absolute Gasteiger partial charge is 0.312 e. The van der Waals surface area contributed by atoms with Crippen LogP contribution >= 0.6 is 0 Å². The lowest BCUT2D eigenvalue weighted by Crippen LogP contribution is -2.23. The molecule has 0 spiro atoms. The molecule has 1 aromatic carbocycles. The van der Waals surface area contributed by atoms with Crippen molar-refractivity contribution >= 4 is 5.97 Å². The zero-order chi connectivity index (χ0) is 13.1. The van der Waals surface area contributed by atoms with Crippen LogP contribution in [-0.2, 0) is 17.6 Å². The molecule has 98 valence electrons. The van der Waals surface area contributed by atoms with Crippen LogP contribution in [-0.4, -0.2) is 24.7 Å². The van der Waals surface area contributed by atoms with Gasteiger partial charge in [0.15, 0.2) is 0 Å². The van der Waals surface area contributed by atoms with Crippen molar-refractivity contribution in [2.75, 3.05) is 13.7 Å². The van der Waals surface area contributed by atoms with Crippen LogP contribution in [0.2, 0.25) is 0 Å². The van der Waals surface area contributed by atoms with Gasteiger partial charge in [0.1, 0.15) is 5.75 Å². The van der Waals surface area contributed by atoms with E-state index in [9.17, 15) is 9.90 Å². The van der Waals surface area contributed by atoms with Crippen molar-refractivity contribution in [2.24, 2.45) is 5.73 Å². The Balaban J connectivity index is 2.51. The first-order chi connectivity index (χ1) is 8.69. The minimum absolute atomic E-state index is 0.133. The number of carboxylic acids is 1. The molecule has 1 aromatic rings. The zero-order valence-corrected chi connectivity index (χ0v) is 10.6. The van der Waals surface area contributed by atoms with Gasteiger partial charge in [-0.15, -0.1) is 0 Å². The van der Waals surface area contributed by atoms with Gasteiger partial charge in [0.2, 0.25) is 0 Å². The molecule has 0 aliphatic heterocycles. The number of nitrogens with two attached hydrogens (primary N) is 1. The summed E-state index contributed by atoms with van der Waals surface area (Å²) in [4.78, 5) is 11.3. The molecule has 0 fully saturated rings. The quantitative estimate of drug-likeness (QED) is 0.852. The number of rotatable bonds is 4. The Bertz CT molecular complexity index is 457. The number of aliphatic carboxylic acids is 1. The molecule has 0 radical (unpaired) electrons. The van der Waals surface area contributed by atoms with Gasteiger partial charge < -0.3 is 15.6 Å². The molecule has 0 heterocycles. The second kappa shape index (κ2) is 5.40. The Labute approximate surface area is 107 Å². The van der Waals surface area contributed by atoms with Crippen molar-refractivity contribution in [3.8, 4) is 5.75 Å². The SMILES string of the molecule is COc1ccc(C(CN)C(=O)O)c2c1CCCC2. The van der Waals surface area contributed by atoms with Gasteiger partial charge in [0.05, 0.1) is 13.0 Å². The maximum absolute atomic E-state index is 11.3. The Kier molecular flexibility index (Phi) is 3.87. The molecule has 1 aliphatic rings. The fourth-order valence-electron chi connectivity index (χ4n) is 2.74. The highest BCUT2D eigenvalue weighted by atomic mass is 16.5. The topological polar surface area (TPSA) is 72.5 Å². The van der Waals surface area contributed by atoms with E-state index in [2.05, 4.69) is 0 Å². The second-order valence-corrected chi connectivity index (χ2v) is 4.65. The Hall–Kier alpha value is -1.55. The van der Waals surface area contributed by atoms with Crippen LogP contribution in [0.4, 0.5) is 0 Å². The van der Waals surface area contributed by atoms with Gasteiger partial charge in [0.25, 0.3) is 0 Å². The third-order valence-corrected chi connectivity index (χ3v) is 3.66. The minimum Gasteiger partial charge on any atom is -0.496 e. The fourth-order valence-corrected chi connectivity index (χ4v) is 2.74. The summed E-state index contributed by atoms with van der Waals surface area (Å²) in [6.07, 6.45) is 4.12. The number of carboxylic acid groups (broad SMARTS) is 1. The number of fused-ring (bicyclic) bond motifs is 1. The lowest BCUT2D eigenvalue weighted by atomic mass is 9.83. The van der Waals surface area contributed by atoms with E-state index in [1.807, 2.05) is 12.1 Å². The summed E-state index contributed by atoms with van der Waals surface area (Å²) in [6, 6.07) is 3.72. The van der Waals surface area contributed by atoms with E-state index in [0.717, 1.165) is 42.6 Å². The molecule has 0 amide bonds. The summed E-state index contributed by atoms with van der Waals surface area (Å²) in [6.45, 7) is 0.133. The average molecular weight is 249 g/mol. The van der Waals surface area contributed by atoms with Crippen LogP contribution in [0, 0.1) is 0 Å². The highest BCUT2D eigenvalue weighted by Gasteiger charge is 2.25. The third kappa shape index (κ3) is 2.20. The van der Waals surface area contributed by atoms with Crippen LogP contribution in [0.15, 0.2) is 12.1 Å². The molecular weight excluding hydrogens is 230 g/mol. The van der Waals surface area contributed by atoms with Gasteiger partial charge >= 0.3 is 5.97 Å². The molecular formula is C14H19NO3. The normalized spacial score (nSPS) is 15.9. The van der Waals surface area contributed by atoms with Gasteiger partial charge in [-0.25, -0.2) is 0 Å². The second-order valence-electron chi connectivity index (χ2n) is 4.65. The summed E-state index contributed by atoms with van der Waals surface area (Å²) in [5.74, 6) is -0.590. The summed E-state index contributed by atoms with van der Waals surface area (Å²) in [5, 5.41) is 9.24. The molecule has 3 N–H and O–H groups in total. The van der Waals surface area contributed by atoms with Crippen molar-refractivity contribution in [3.05, 3.63) is 28.8 Å². The van der Waals surface area contributed by atoms with Crippen molar-refractivity contribution in [1.29, 1.82) is 0 Å². The predicted octanol–water partition coefficient (Wildman–Crippen LogP) is 1.70. The number of carbonyl (C=O) groups is 1. The molecule has 4 heteroatoms. The van der Waals surface area contributed by atoms with E-state index in [1.165, 1.54) is 5.56 Å². The van der Waals surface area contributed by atoms with Gasteiger partial charge in [0, 0.05) is 6.54 Å². The van der Waals surface area contributed by atoms with Crippen molar-refractivity contribution in [3.63, 3.8) is 0 Å². The first-order valence-electron chi connectivity index (χ1n) is 6.30. The molecule has 0 bridgehead atoms. The Morgan fingerprint density at radius 1 is 1.39 bits per heavy atom.